The number of hydrogen-bond acceptors (Lipinski definition) is 1. The van der Waals surface area contributed by atoms with Gasteiger partial charge in [-0.05, 0) is 63.0 Å². The molecule has 0 unspecified atom stereocenters. The fraction of sp³-hybridized carbons (Fsp3) is 0. The first kappa shape index (κ1) is 22.6. The zero-order chi connectivity index (χ0) is 26.6. The molecule has 0 aliphatic rings. The van der Waals surface area contributed by atoms with Gasteiger partial charge >= 0.3 is 5.69 Å². The van der Waals surface area contributed by atoms with Gasteiger partial charge in [-0.15, -0.1) is 0 Å². The van der Waals surface area contributed by atoms with Crippen LogP contribution in [0.5, 0.6) is 0 Å². The minimum atomic E-state index is -0.0823. The van der Waals surface area contributed by atoms with Gasteiger partial charge in [-0.1, -0.05) is 115 Å². The molecule has 7 aromatic carbocycles. The van der Waals surface area contributed by atoms with E-state index in [-0.39, 0.29) is 5.69 Å². The standard InChI is InChI=1S/C37H24N2O/c40-37-38(28-14-2-1-3-15-28)33-20-10-11-21-34(33)39(37)36-31-18-8-6-16-29(31)35(30-17-7-9-19-32(30)36)27-23-22-25-12-4-5-13-26(25)24-27/h1-24H. The number of nitrogens with zero attached hydrogens (tertiary/aromatic N) is 2. The fourth-order valence-corrected chi connectivity index (χ4v) is 6.19. The maximum atomic E-state index is 14.4. The van der Waals surface area contributed by atoms with Crippen molar-refractivity contribution in [3.8, 4) is 22.5 Å². The second-order valence-electron chi connectivity index (χ2n) is 10.2. The van der Waals surface area contributed by atoms with Crippen LogP contribution in [0.4, 0.5) is 0 Å². The van der Waals surface area contributed by atoms with Crippen molar-refractivity contribution in [1.29, 1.82) is 0 Å². The molecule has 0 bridgehead atoms. The maximum Gasteiger partial charge on any atom is 0.338 e. The first-order chi connectivity index (χ1) is 19.8. The molecule has 0 N–H and O–H groups in total. The molecule has 0 aliphatic heterocycles. The topological polar surface area (TPSA) is 26.9 Å². The number of aromatic nitrogens is 2. The number of para-hydroxylation sites is 3. The van der Waals surface area contributed by atoms with E-state index in [0.29, 0.717) is 0 Å². The summed E-state index contributed by atoms with van der Waals surface area (Å²) in [5, 5.41) is 6.76. The van der Waals surface area contributed by atoms with E-state index < -0.39 is 0 Å². The number of benzene rings is 7. The van der Waals surface area contributed by atoms with E-state index >= 15 is 0 Å². The molecule has 0 saturated heterocycles. The van der Waals surface area contributed by atoms with Gasteiger partial charge in [0.1, 0.15) is 0 Å². The highest BCUT2D eigenvalue weighted by Crippen LogP contribution is 2.42. The third-order valence-corrected chi connectivity index (χ3v) is 7.93. The fourth-order valence-electron chi connectivity index (χ4n) is 6.19. The molecule has 1 heterocycles. The van der Waals surface area contributed by atoms with Crippen molar-refractivity contribution in [2.75, 3.05) is 0 Å². The Morgan fingerprint density at radius 3 is 1.62 bits per heavy atom. The summed E-state index contributed by atoms with van der Waals surface area (Å²) in [5.41, 5.74) is 5.78. The van der Waals surface area contributed by atoms with Crippen LogP contribution in [0.15, 0.2) is 150 Å². The van der Waals surface area contributed by atoms with Crippen molar-refractivity contribution in [1.82, 2.24) is 9.13 Å². The van der Waals surface area contributed by atoms with Crippen LogP contribution in [0, 0.1) is 0 Å². The quantitative estimate of drug-likeness (QED) is 0.217. The average Bonchev–Trinajstić information content (AvgIpc) is 3.31. The SMILES string of the molecule is O=c1n(-c2ccccc2)c2ccccc2n1-c1c2ccccc2c(-c2ccc3ccccc3c2)c2ccccc12. The summed E-state index contributed by atoms with van der Waals surface area (Å²) in [6.45, 7) is 0. The minimum Gasteiger partial charge on any atom is -0.260 e. The summed E-state index contributed by atoms with van der Waals surface area (Å²) in [4.78, 5) is 14.4. The Bertz CT molecular complexity index is 2230. The third-order valence-electron chi connectivity index (χ3n) is 7.93. The van der Waals surface area contributed by atoms with Crippen molar-refractivity contribution >= 4 is 43.4 Å². The molecule has 1 aromatic heterocycles. The van der Waals surface area contributed by atoms with E-state index in [9.17, 15) is 4.79 Å². The van der Waals surface area contributed by atoms with Gasteiger partial charge in [0, 0.05) is 10.8 Å². The zero-order valence-electron chi connectivity index (χ0n) is 21.7. The van der Waals surface area contributed by atoms with E-state index in [4.69, 9.17) is 0 Å². The molecule has 0 fully saturated rings. The number of imidazole rings is 1. The zero-order valence-corrected chi connectivity index (χ0v) is 21.7. The molecule has 0 amide bonds. The molecule has 3 nitrogen and oxygen atoms in total. The van der Waals surface area contributed by atoms with Crippen molar-refractivity contribution < 1.29 is 0 Å². The summed E-state index contributed by atoms with van der Waals surface area (Å²) < 4.78 is 3.72. The third kappa shape index (κ3) is 3.28. The van der Waals surface area contributed by atoms with E-state index in [0.717, 1.165) is 49.5 Å². The van der Waals surface area contributed by atoms with Crippen LogP contribution in [0.2, 0.25) is 0 Å². The van der Waals surface area contributed by atoms with Gasteiger partial charge in [-0.25, -0.2) is 4.79 Å². The Balaban J connectivity index is 1.53. The molecule has 0 radical (unpaired) electrons. The van der Waals surface area contributed by atoms with Gasteiger partial charge in [0.25, 0.3) is 0 Å². The Labute approximate surface area is 230 Å². The first-order valence-corrected chi connectivity index (χ1v) is 13.5. The number of fused-ring (bicyclic) bond motifs is 4. The Morgan fingerprint density at radius 1 is 0.425 bits per heavy atom. The predicted octanol–water partition coefficient (Wildman–Crippen LogP) is 8.91. The lowest BCUT2D eigenvalue weighted by Gasteiger charge is -2.18. The van der Waals surface area contributed by atoms with Crippen LogP contribution in [0.3, 0.4) is 0 Å². The van der Waals surface area contributed by atoms with Crippen LogP contribution in [0.25, 0.3) is 65.9 Å². The Hall–Kier alpha value is -5.41. The lowest BCUT2D eigenvalue weighted by atomic mass is 9.89. The molecule has 40 heavy (non-hydrogen) atoms. The second-order valence-corrected chi connectivity index (χ2v) is 10.2. The van der Waals surface area contributed by atoms with Gasteiger partial charge in [0.2, 0.25) is 0 Å². The normalized spacial score (nSPS) is 11.6. The lowest BCUT2D eigenvalue weighted by molar-refractivity contribution is 0.939. The lowest BCUT2D eigenvalue weighted by Crippen LogP contribution is -2.22. The highest BCUT2D eigenvalue weighted by Gasteiger charge is 2.22. The van der Waals surface area contributed by atoms with Gasteiger partial charge in [-0.2, -0.15) is 0 Å². The van der Waals surface area contributed by atoms with Crippen LogP contribution >= 0.6 is 0 Å². The molecule has 0 atom stereocenters. The summed E-state index contributed by atoms with van der Waals surface area (Å²) >= 11 is 0. The maximum absolute atomic E-state index is 14.4. The summed E-state index contributed by atoms with van der Waals surface area (Å²) in [5.74, 6) is 0. The van der Waals surface area contributed by atoms with Crippen LogP contribution in [-0.4, -0.2) is 9.13 Å². The molecule has 0 aliphatic carbocycles. The minimum absolute atomic E-state index is 0.0823. The molecule has 3 heteroatoms. The van der Waals surface area contributed by atoms with Gasteiger partial charge in [0.05, 0.1) is 22.4 Å². The monoisotopic (exact) mass is 512 g/mol. The van der Waals surface area contributed by atoms with E-state index in [2.05, 4.69) is 91.0 Å². The Morgan fingerprint density at radius 2 is 0.950 bits per heavy atom. The average molecular weight is 513 g/mol. The predicted molar refractivity (Wildman–Crippen MR) is 167 cm³/mol. The van der Waals surface area contributed by atoms with Crippen molar-refractivity contribution in [3.63, 3.8) is 0 Å². The largest absolute Gasteiger partial charge is 0.338 e. The van der Waals surface area contributed by atoms with Crippen molar-refractivity contribution in [2.45, 2.75) is 0 Å². The number of hydrogen-bond donors (Lipinski definition) is 0. The molecule has 8 aromatic rings. The first-order valence-electron chi connectivity index (χ1n) is 13.5. The van der Waals surface area contributed by atoms with E-state index in [1.807, 2.05) is 63.7 Å². The van der Waals surface area contributed by atoms with Crippen LogP contribution in [-0.2, 0) is 0 Å². The summed E-state index contributed by atoms with van der Waals surface area (Å²) in [6.07, 6.45) is 0. The highest BCUT2D eigenvalue weighted by molar-refractivity contribution is 6.19. The van der Waals surface area contributed by atoms with Gasteiger partial charge in [0.15, 0.2) is 0 Å². The highest BCUT2D eigenvalue weighted by atomic mass is 16.1. The molecular weight excluding hydrogens is 488 g/mol. The second kappa shape index (κ2) is 8.82. The smallest absolute Gasteiger partial charge is 0.260 e. The van der Waals surface area contributed by atoms with Gasteiger partial charge in [-0.3, -0.25) is 9.13 Å². The van der Waals surface area contributed by atoms with E-state index in [1.54, 1.807) is 0 Å². The summed E-state index contributed by atoms with van der Waals surface area (Å²) in [7, 11) is 0. The molecule has 8 rings (SSSR count). The molecule has 0 saturated carbocycles. The summed E-state index contributed by atoms with van der Waals surface area (Å²) in [6, 6.07) is 50.0. The van der Waals surface area contributed by atoms with Crippen LogP contribution < -0.4 is 5.69 Å². The number of rotatable bonds is 3. The van der Waals surface area contributed by atoms with E-state index in [1.165, 1.54) is 16.3 Å². The molecular formula is C37H24N2O. The van der Waals surface area contributed by atoms with Crippen molar-refractivity contribution in [3.05, 3.63) is 156 Å². The Kier molecular flexibility index (Phi) is 4.98. The molecule has 0 spiro atoms. The molecule has 188 valence electrons. The van der Waals surface area contributed by atoms with Crippen LogP contribution in [0.1, 0.15) is 0 Å². The van der Waals surface area contributed by atoms with Gasteiger partial charge < -0.3 is 0 Å². The van der Waals surface area contributed by atoms with Crippen molar-refractivity contribution in [2.24, 2.45) is 0 Å².